The van der Waals surface area contributed by atoms with Gasteiger partial charge in [0, 0.05) is 11.4 Å². The molecule has 0 saturated heterocycles. The maximum absolute atomic E-state index is 5.97. The van der Waals surface area contributed by atoms with Gasteiger partial charge in [-0.2, -0.15) is 0 Å². The molecule has 0 bridgehead atoms. The molecule has 4 nitrogen and oxygen atoms in total. The highest BCUT2D eigenvalue weighted by atomic mass is 32.1. The van der Waals surface area contributed by atoms with Crippen LogP contribution in [0, 0.1) is 6.92 Å². The van der Waals surface area contributed by atoms with E-state index in [1.165, 1.54) is 10.4 Å². The zero-order valence-corrected chi connectivity index (χ0v) is 10.8. The summed E-state index contributed by atoms with van der Waals surface area (Å²) >= 11 is 1.85. The summed E-state index contributed by atoms with van der Waals surface area (Å²) in [5.74, 6) is 2.45. The number of H-pyrrole nitrogens is 1. The van der Waals surface area contributed by atoms with Gasteiger partial charge in [-0.05, 0) is 37.3 Å². The van der Waals surface area contributed by atoms with E-state index in [9.17, 15) is 0 Å². The molecule has 2 aromatic heterocycles. The lowest BCUT2D eigenvalue weighted by Gasteiger charge is -2.34. The number of nitrogens with two attached hydrogens (primary N) is 1. The number of nitrogens with zero attached hydrogens (tertiary/aromatic N) is 2. The number of aromatic nitrogens is 2. The maximum atomic E-state index is 5.97. The Balaban J connectivity index is 1.99. The summed E-state index contributed by atoms with van der Waals surface area (Å²) in [6.45, 7) is 5.14. The topological polar surface area (TPSA) is 57.9 Å². The highest BCUT2D eigenvalue weighted by Crippen LogP contribution is 2.36. The highest BCUT2D eigenvalue weighted by molar-refractivity contribution is 7.10. The van der Waals surface area contributed by atoms with E-state index >= 15 is 0 Å². The van der Waals surface area contributed by atoms with Crippen molar-refractivity contribution in [3.63, 3.8) is 0 Å². The van der Waals surface area contributed by atoms with Crippen LogP contribution in [-0.2, 0) is 6.42 Å². The molecule has 0 radical (unpaired) electrons. The first-order chi connectivity index (χ1) is 8.16. The Morgan fingerprint density at radius 1 is 1.59 bits per heavy atom. The normalized spacial score (nSPS) is 19.4. The van der Waals surface area contributed by atoms with Crippen molar-refractivity contribution in [3.05, 3.63) is 27.7 Å². The number of hydrogen-bond acceptors (Lipinski definition) is 4. The zero-order chi connectivity index (χ0) is 12.0. The fourth-order valence-electron chi connectivity index (χ4n) is 2.52. The monoisotopic (exact) mass is 248 g/mol. The van der Waals surface area contributed by atoms with Crippen LogP contribution in [0.15, 0.2) is 11.4 Å². The van der Waals surface area contributed by atoms with E-state index < -0.39 is 0 Å². The van der Waals surface area contributed by atoms with Crippen LogP contribution in [0.25, 0.3) is 0 Å². The lowest BCUT2D eigenvalue weighted by molar-refractivity contribution is 0.627. The Labute approximate surface area is 104 Å². The van der Waals surface area contributed by atoms with Crippen LogP contribution in [0.3, 0.4) is 0 Å². The highest BCUT2D eigenvalue weighted by Gasteiger charge is 2.27. The number of thiophene rings is 1. The number of aryl methyl sites for hydroxylation is 1. The van der Waals surface area contributed by atoms with E-state index in [1.54, 1.807) is 0 Å². The second-order valence-electron chi connectivity index (χ2n) is 4.48. The second kappa shape index (κ2) is 3.77. The summed E-state index contributed by atoms with van der Waals surface area (Å²) in [5.41, 5.74) is 7.39. The molecule has 0 fully saturated rings. The SMILES string of the molecule is Cc1nc(N2CCc3sccc3C2C)c(N)[nH]1. The first kappa shape index (κ1) is 10.7. The van der Waals surface area contributed by atoms with E-state index in [1.807, 2.05) is 18.3 Å². The minimum atomic E-state index is 0.356. The Kier molecular flexibility index (Phi) is 2.36. The van der Waals surface area contributed by atoms with E-state index in [0.717, 1.165) is 24.6 Å². The van der Waals surface area contributed by atoms with Crippen LogP contribution in [0.1, 0.15) is 29.2 Å². The Bertz CT molecular complexity index is 542. The molecule has 5 heteroatoms. The molecular formula is C12H16N4S. The first-order valence-electron chi connectivity index (χ1n) is 5.82. The Hall–Kier alpha value is -1.49. The number of imidazole rings is 1. The number of fused-ring (bicyclic) bond motifs is 1. The number of nitrogen functional groups attached to an aromatic ring is 1. The number of hydrogen-bond donors (Lipinski definition) is 2. The van der Waals surface area contributed by atoms with Crippen LogP contribution < -0.4 is 10.6 Å². The van der Waals surface area contributed by atoms with Gasteiger partial charge in [0.05, 0.1) is 6.04 Å². The van der Waals surface area contributed by atoms with E-state index in [-0.39, 0.29) is 0 Å². The number of rotatable bonds is 1. The van der Waals surface area contributed by atoms with Crippen LogP contribution in [0.4, 0.5) is 11.6 Å². The lowest BCUT2D eigenvalue weighted by Crippen LogP contribution is -2.33. The molecule has 3 N–H and O–H groups in total. The average molecular weight is 248 g/mol. The molecule has 1 aliphatic rings. The molecule has 90 valence electrons. The van der Waals surface area contributed by atoms with Gasteiger partial charge >= 0.3 is 0 Å². The summed E-state index contributed by atoms with van der Waals surface area (Å²) in [6.07, 6.45) is 1.09. The Morgan fingerprint density at radius 2 is 2.41 bits per heavy atom. The first-order valence-corrected chi connectivity index (χ1v) is 6.69. The van der Waals surface area contributed by atoms with Gasteiger partial charge in [-0.1, -0.05) is 0 Å². The van der Waals surface area contributed by atoms with Crippen molar-refractivity contribution in [2.75, 3.05) is 17.2 Å². The second-order valence-corrected chi connectivity index (χ2v) is 5.48. The van der Waals surface area contributed by atoms with Crippen molar-refractivity contribution in [2.24, 2.45) is 0 Å². The van der Waals surface area contributed by atoms with Crippen molar-refractivity contribution in [1.82, 2.24) is 9.97 Å². The maximum Gasteiger partial charge on any atom is 0.171 e. The number of aromatic amines is 1. The summed E-state index contributed by atoms with van der Waals surface area (Å²) in [6, 6.07) is 2.57. The van der Waals surface area contributed by atoms with E-state index in [0.29, 0.717) is 11.9 Å². The molecule has 1 atom stereocenters. The third-order valence-electron chi connectivity index (χ3n) is 3.38. The summed E-state index contributed by atoms with van der Waals surface area (Å²) < 4.78 is 0. The largest absolute Gasteiger partial charge is 0.382 e. The van der Waals surface area contributed by atoms with Gasteiger partial charge in [-0.25, -0.2) is 4.98 Å². The molecule has 0 spiro atoms. The number of anilines is 2. The molecular weight excluding hydrogens is 232 g/mol. The van der Waals surface area contributed by atoms with Gasteiger partial charge in [0.2, 0.25) is 0 Å². The molecule has 1 aliphatic heterocycles. The predicted octanol–water partition coefficient (Wildman–Crippen LogP) is 2.49. The van der Waals surface area contributed by atoms with Gasteiger partial charge in [-0.3, -0.25) is 0 Å². The average Bonchev–Trinajstić information content (AvgIpc) is 2.86. The molecule has 2 aromatic rings. The van der Waals surface area contributed by atoms with Crippen molar-refractivity contribution >= 4 is 23.0 Å². The minimum Gasteiger partial charge on any atom is -0.382 e. The van der Waals surface area contributed by atoms with Crippen LogP contribution in [0.2, 0.25) is 0 Å². The molecule has 1 unspecified atom stereocenters. The van der Waals surface area contributed by atoms with Gasteiger partial charge in [0.1, 0.15) is 11.6 Å². The summed E-state index contributed by atoms with van der Waals surface area (Å²) in [7, 11) is 0. The van der Waals surface area contributed by atoms with Gasteiger partial charge in [0.15, 0.2) is 5.82 Å². The molecule has 0 aliphatic carbocycles. The lowest BCUT2D eigenvalue weighted by atomic mass is 10.0. The Morgan fingerprint density at radius 3 is 3.12 bits per heavy atom. The van der Waals surface area contributed by atoms with Gasteiger partial charge in [-0.15, -0.1) is 11.3 Å². The predicted molar refractivity (Wildman–Crippen MR) is 71.5 cm³/mol. The van der Waals surface area contributed by atoms with Gasteiger partial charge in [0.25, 0.3) is 0 Å². The van der Waals surface area contributed by atoms with Gasteiger partial charge < -0.3 is 15.6 Å². The molecule has 0 saturated carbocycles. The number of nitrogens with one attached hydrogen (secondary N) is 1. The fraction of sp³-hybridized carbons (Fsp3) is 0.417. The third kappa shape index (κ3) is 1.61. The third-order valence-corrected chi connectivity index (χ3v) is 4.38. The minimum absolute atomic E-state index is 0.356. The standard InChI is InChI=1S/C12H16N4S/c1-7-9-4-6-17-10(9)3-5-16(7)12-11(13)14-8(2)15-12/h4,6-7H,3,5,13H2,1-2H3,(H,14,15). The van der Waals surface area contributed by atoms with Crippen LogP contribution in [0.5, 0.6) is 0 Å². The van der Waals surface area contributed by atoms with E-state index in [2.05, 4.69) is 33.2 Å². The fourth-order valence-corrected chi connectivity index (χ4v) is 3.48. The zero-order valence-electron chi connectivity index (χ0n) is 10.0. The van der Waals surface area contributed by atoms with Crippen molar-refractivity contribution in [1.29, 1.82) is 0 Å². The molecule has 17 heavy (non-hydrogen) atoms. The van der Waals surface area contributed by atoms with E-state index in [4.69, 9.17) is 5.73 Å². The van der Waals surface area contributed by atoms with Crippen LogP contribution >= 0.6 is 11.3 Å². The smallest absolute Gasteiger partial charge is 0.171 e. The quantitative estimate of drug-likeness (QED) is 0.815. The summed E-state index contributed by atoms with van der Waals surface area (Å²) in [5, 5.41) is 2.17. The molecule has 0 aromatic carbocycles. The van der Waals surface area contributed by atoms with Crippen LogP contribution in [-0.4, -0.2) is 16.5 Å². The molecule has 3 heterocycles. The molecule has 0 amide bonds. The van der Waals surface area contributed by atoms with Crippen molar-refractivity contribution in [2.45, 2.75) is 26.3 Å². The molecule has 3 rings (SSSR count). The summed E-state index contributed by atoms with van der Waals surface area (Å²) in [4.78, 5) is 11.3. The van der Waals surface area contributed by atoms with Crippen molar-refractivity contribution < 1.29 is 0 Å². The van der Waals surface area contributed by atoms with Crippen molar-refractivity contribution in [3.8, 4) is 0 Å².